The lowest BCUT2D eigenvalue weighted by molar-refractivity contribution is 0.0990. The summed E-state index contributed by atoms with van der Waals surface area (Å²) >= 11 is 9.35. The molecule has 1 atom stereocenters. The van der Waals surface area contributed by atoms with Gasteiger partial charge in [0.15, 0.2) is 5.78 Å². The van der Waals surface area contributed by atoms with E-state index >= 15 is 0 Å². The smallest absolute Gasteiger partial charge is 0.184 e. The third-order valence-corrected chi connectivity index (χ3v) is 3.56. The van der Waals surface area contributed by atoms with Crippen LogP contribution in [-0.2, 0) is 0 Å². The van der Waals surface area contributed by atoms with Gasteiger partial charge in [0, 0.05) is 0 Å². The number of alkyl halides is 1. The molecule has 94 valence electrons. The summed E-state index contributed by atoms with van der Waals surface area (Å²) in [4.78, 5) is 12.3. The summed E-state index contributed by atoms with van der Waals surface area (Å²) in [6, 6.07) is 9.61. The second kappa shape index (κ2) is 5.29. The highest BCUT2D eigenvalue weighted by atomic mass is 79.9. The van der Waals surface area contributed by atoms with E-state index in [0.29, 0.717) is 11.3 Å². The monoisotopic (exact) mass is 326 g/mol. The Hall–Kier alpha value is -1.06. The van der Waals surface area contributed by atoms with Gasteiger partial charge in [0.25, 0.3) is 0 Å². The van der Waals surface area contributed by atoms with Gasteiger partial charge in [-0.3, -0.25) is 4.79 Å². The lowest BCUT2D eigenvalue weighted by Gasteiger charge is -2.14. The molecule has 0 radical (unpaired) electrons. The lowest BCUT2D eigenvalue weighted by Crippen LogP contribution is -2.13. The van der Waals surface area contributed by atoms with Crippen LogP contribution < -0.4 is 4.74 Å². The van der Waals surface area contributed by atoms with E-state index in [1.165, 1.54) is 0 Å². The van der Waals surface area contributed by atoms with Gasteiger partial charge in [-0.1, -0.05) is 24.3 Å². The molecule has 4 heteroatoms. The highest BCUT2D eigenvalue weighted by Gasteiger charge is 2.22. The van der Waals surface area contributed by atoms with Gasteiger partial charge in [-0.05, 0) is 39.7 Å². The largest absolute Gasteiger partial charge is 0.495 e. The Morgan fingerprint density at radius 2 is 2.06 bits per heavy atom. The Kier molecular flexibility index (Phi) is 3.93. The van der Waals surface area contributed by atoms with Crippen molar-refractivity contribution in [1.29, 1.82) is 0 Å². The molecule has 18 heavy (non-hydrogen) atoms. The second-order valence-corrected chi connectivity index (χ2v) is 5.48. The topological polar surface area (TPSA) is 26.3 Å². The molecule has 2 aromatic rings. The van der Waals surface area contributed by atoms with Crippen LogP contribution in [-0.4, -0.2) is 18.3 Å². The fourth-order valence-electron chi connectivity index (χ4n) is 1.94. The summed E-state index contributed by atoms with van der Waals surface area (Å²) in [6.07, 6.45) is 0. The van der Waals surface area contributed by atoms with Crippen molar-refractivity contribution >= 4 is 44.1 Å². The molecule has 0 N–H and O–H groups in total. The molecule has 2 aromatic carbocycles. The van der Waals surface area contributed by atoms with Crippen molar-refractivity contribution in [2.24, 2.45) is 0 Å². The number of rotatable bonds is 3. The number of methoxy groups -OCH3 is 1. The average molecular weight is 328 g/mol. The minimum Gasteiger partial charge on any atom is -0.495 e. The number of hydrogen-bond acceptors (Lipinski definition) is 2. The Morgan fingerprint density at radius 1 is 1.39 bits per heavy atom. The average Bonchev–Trinajstić information content (AvgIpc) is 2.36. The van der Waals surface area contributed by atoms with Crippen LogP contribution in [0.1, 0.15) is 17.3 Å². The van der Waals surface area contributed by atoms with Gasteiger partial charge in [0.05, 0.1) is 22.5 Å². The number of Topliss-reactive ketones (excluding diaryl/α,β-unsaturated/α-hetero) is 1. The summed E-state index contributed by atoms with van der Waals surface area (Å²) < 4.78 is 6.08. The first-order chi connectivity index (χ1) is 8.56. The molecule has 2 rings (SSSR count). The number of ether oxygens (including phenoxy) is 1. The van der Waals surface area contributed by atoms with Crippen LogP contribution in [0.3, 0.4) is 0 Å². The fourth-order valence-corrected chi connectivity index (χ4v) is 2.65. The van der Waals surface area contributed by atoms with Crippen molar-refractivity contribution in [3.05, 3.63) is 40.4 Å². The predicted molar refractivity (Wildman–Crippen MR) is 77.8 cm³/mol. The number of halogens is 2. The Labute approximate surface area is 119 Å². The minimum absolute atomic E-state index is 0.133. The number of hydrogen-bond donors (Lipinski definition) is 0. The first-order valence-corrected chi connectivity index (χ1v) is 6.72. The van der Waals surface area contributed by atoms with Crippen molar-refractivity contribution in [2.75, 3.05) is 7.11 Å². The van der Waals surface area contributed by atoms with Gasteiger partial charge < -0.3 is 4.74 Å². The molecule has 0 aromatic heterocycles. The molecule has 0 heterocycles. The SMILES string of the molecule is COc1c(Br)cc2ccccc2c1C(=O)[C@H](C)Cl. The minimum atomic E-state index is -0.586. The van der Waals surface area contributed by atoms with Gasteiger partial charge in [-0.2, -0.15) is 0 Å². The first-order valence-electron chi connectivity index (χ1n) is 5.49. The van der Waals surface area contributed by atoms with E-state index in [-0.39, 0.29) is 5.78 Å². The standard InChI is InChI=1S/C14H12BrClO2/c1-8(16)13(17)12-10-6-4-3-5-9(10)7-11(15)14(12)18-2/h3-8H,1-2H3/t8-/m0/s1. The summed E-state index contributed by atoms with van der Waals surface area (Å²) in [5, 5.41) is 1.25. The van der Waals surface area contributed by atoms with E-state index in [4.69, 9.17) is 16.3 Å². The zero-order chi connectivity index (χ0) is 13.3. The summed E-state index contributed by atoms with van der Waals surface area (Å²) in [5.74, 6) is 0.400. The molecule has 0 aliphatic rings. The molecule has 0 saturated carbocycles. The third-order valence-electron chi connectivity index (χ3n) is 2.77. The maximum Gasteiger partial charge on any atom is 0.184 e. The highest BCUT2D eigenvalue weighted by molar-refractivity contribution is 9.10. The molecule has 0 aliphatic carbocycles. The maximum absolute atomic E-state index is 12.3. The summed E-state index contributed by atoms with van der Waals surface area (Å²) in [5.41, 5.74) is 0.532. The van der Waals surface area contributed by atoms with Crippen LogP contribution in [0.4, 0.5) is 0 Å². The first kappa shape index (κ1) is 13.4. The Morgan fingerprint density at radius 3 is 2.67 bits per heavy atom. The lowest BCUT2D eigenvalue weighted by atomic mass is 9.99. The zero-order valence-corrected chi connectivity index (χ0v) is 12.4. The van der Waals surface area contributed by atoms with E-state index in [1.54, 1.807) is 14.0 Å². The Balaban J connectivity index is 2.85. The Bertz CT molecular complexity index is 608. The molecule has 0 bridgehead atoms. The van der Waals surface area contributed by atoms with Crippen molar-refractivity contribution < 1.29 is 9.53 Å². The van der Waals surface area contributed by atoms with Crippen LogP contribution in [0.2, 0.25) is 0 Å². The third kappa shape index (κ3) is 2.25. The number of carbonyl (C=O) groups is 1. The normalized spacial score (nSPS) is 12.4. The van der Waals surface area contributed by atoms with Gasteiger partial charge in [-0.15, -0.1) is 11.6 Å². The van der Waals surface area contributed by atoms with Crippen molar-refractivity contribution in [3.63, 3.8) is 0 Å². The zero-order valence-electron chi connectivity index (χ0n) is 10.0. The fraction of sp³-hybridized carbons (Fsp3) is 0.214. The molecule has 0 spiro atoms. The van der Waals surface area contributed by atoms with Crippen LogP contribution >= 0.6 is 27.5 Å². The van der Waals surface area contributed by atoms with Gasteiger partial charge in [0.2, 0.25) is 0 Å². The highest BCUT2D eigenvalue weighted by Crippen LogP contribution is 2.36. The van der Waals surface area contributed by atoms with Crippen LogP contribution in [0.25, 0.3) is 10.8 Å². The van der Waals surface area contributed by atoms with E-state index in [2.05, 4.69) is 15.9 Å². The molecule has 0 unspecified atom stereocenters. The van der Waals surface area contributed by atoms with E-state index in [0.717, 1.165) is 15.2 Å². The van der Waals surface area contributed by atoms with Crippen LogP contribution in [0, 0.1) is 0 Å². The number of benzene rings is 2. The van der Waals surface area contributed by atoms with Crippen molar-refractivity contribution in [1.82, 2.24) is 0 Å². The molecular weight excluding hydrogens is 316 g/mol. The van der Waals surface area contributed by atoms with Crippen molar-refractivity contribution in [3.8, 4) is 5.75 Å². The maximum atomic E-state index is 12.3. The van der Waals surface area contributed by atoms with Crippen LogP contribution in [0.15, 0.2) is 34.8 Å². The molecule has 0 fully saturated rings. The second-order valence-electron chi connectivity index (χ2n) is 3.97. The predicted octanol–water partition coefficient (Wildman–Crippen LogP) is 4.42. The molecule has 0 saturated heterocycles. The molecule has 0 aliphatic heterocycles. The van der Waals surface area contributed by atoms with Gasteiger partial charge in [0.1, 0.15) is 5.75 Å². The molecule has 2 nitrogen and oxygen atoms in total. The van der Waals surface area contributed by atoms with Gasteiger partial charge >= 0.3 is 0 Å². The van der Waals surface area contributed by atoms with Crippen LogP contribution in [0.5, 0.6) is 5.75 Å². The molecular formula is C14H12BrClO2. The van der Waals surface area contributed by atoms with Crippen molar-refractivity contribution in [2.45, 2.75) is 12.3 Å². The van der Waals surface area contributed by atoms with E-state index in [9.17, 15) is 4.79 Å². The summed E-state index contributed by atoms with van der Waals surface area (Å²) in [6.45, 7) is 1.67. The number of ketones is 1. The number of carbonyl (C=O) groups excluding carboxylic acids is 1. The van der Waals surface area contributed by atoms with E-state index in [1.807, 2.05) is 30.3 Å². The van der Waals surface area contributed by atoms with Gasteiger partial charge in [-0.25, -0.2) is 0 Å². The summed E-state index contributed by atoms with van der Waals surface area (Å²) in [7, 11) is 1.55. The van der Waals surface area contributed by atoms with E-state index < -0.39 is 5.38 Å². The molecule has 0 amide bonds. The quantitative estimate of drug-likeness (QED) is 0.616. The number of fused-ring (bicyclic) bond motifs is 1.